The van der Waals surface area contributed by atoms with Gasteiger partial charge in [0, 0.05) is 30.6 Å². The van der Waals surface area contributed by atoms with Gasteiger partial charge in [-0.25, -0.2) is 0 Å². The number of nitrogens with one attached hydrogen (secondary N) is 2. The van der Waals surface area contributed by atoms with Gasteiger partial charge in [-0.1, -0.05) is 45.4 Å². The first-order valence-electron chi connectivity index (χ1n) is 14.1. The van der Waals surface area contributed by atoms with Crippen LogP contribution in [0.1, 0.15) is 107 Å². The number of likely N-dealkylation sites (tertiary alicyclic amines) is 1. The number of hydrogen-bond donors (Lipinski definition) is 2. The van der Waals surface area contributed by atoms with Crippen molar-refractivity contribution in [1.82, 2.24) is 15.5 Å². The molecule has 2 aliphatic rings. The van der Waals surface area contributed by atoms with E-state index in [1.54, 1.807) is 31.4 Å². The summed E-state index contributed by atoms with van der Waals surface area (Å²) < 4.78 is 5.15. The lowest BCUT2D eigenvalue weighted by Gasteiger charge is -2.31. The van der Waals surface area contributed by atoms with Gasteiger partial charge in [-0.05, 0) is 69.2 Å². The van der Waals surface area contributed by atoms with Gasteiger partial charge in [-0.2, -0.15) is 0 Å². The van der Waals surface area contributed by atoms with Crippen molar-refractivity contribution in [1.29, 1.82) is 0 Å². The average molecular weight is 500 g/mol. The molecule has 1 atom stereocenters. The second kappa shape index (κ2) is 14.9. The largest absolute Gasteiger partial charge is 0.497 e. The van der Waals surface area contributed by atoms with Crippen LogP contribution >= 0.6 is 0 Å². The molecule has 1 aliphatic carbocycles. The molecule has 1 saturated carbocycles. The molecule has 0 unspecified atom stereocenters. The van der Waals surface area contributed by atoms with Crippen molar-refractivity contribution in [2.45, 2.75) is 115 Å². The highest BCUT2D eigenvalue weighted by Crippen LogP contribution is 2.23. The summed E-state index contributed by atoms with van der Waals surface area (Å²) in [5.74, 6) is 0.770. The smallest absolute Gasteiger partial charge is 0.251 e. The Morgan fingerprint density at radius 2 is 1.47 bits per heavy atom. The predicted octanol–water partition coefficient (Wildman–Crippen LogP) is 4.98. The molecule has 1 aromatic carbocycles. The number of hydrogen-bond acceptors (Lipinski definition) is 4. The Balaban J connectivity index is 1.36. The topological polar surface area (TPSA) is 87.7 Å². The van der Waals surface area contributed by atoms with Crippen LogP contribution in [-0.2, 0) is 9.59 Å². The quantitative estimate of drug-likeness (QED) is 0.375. The third-order valence-electron chi connectivity index (χ3n) is 7.63. The second-order valence-corrected chi connectivity index (χ2v) is 10.4. The number of rotatable bonds is 13. The van der Waals surface area contributed by atoms with Crippen molar-refractivity contribution >= 4 is 17.7 Å². The van der Waals surface area contributed by atoms with Crippen molar-refractivity contribution in [3.8, 4) is 5.75 Å². The molecule has 36 heavy (non-hydrogen) atoms. The molecule has 7 heteroatoms. The molecular weight excluding hydrogens is 454 g/mol. The number of carbonyl (C=O) groups is 3. The molecule has 1 aromatic rings. The van der Waals surface area contributed by atoms with Gasteiger partial charge < -0.3 is 20.3 Å². The van der Waals surface area contributed by atoms with Crippen molar-refractivity contribution < 1.29 is 19.1 Å². The van der Waals surface area contributed by atoms with Crippen molar-refractivity contribution in [3.05, 3.63) is 29.8 Å². The number of methoxy groups -OCH3 is 1. The lowest BCUT2D eigenvalue weighted by Crippen LogP contribution is -2.50. The summed E-state index contributed by atoms with van der Waals surface area (Å²) in [5, 5.41) is 6.32. The number of benzene rings is 1. The van der Waals surface area contributed by atoms with Crippen LogP contribution in [0.4, 0.5) is 0 Å². The molecule has 3 amide bonds. The standard InChI is InChI=1S/C29H45N3O4/c1-3-4-5-6-7-8-9-12-27(33)32-21-10-11-26(32)29(35)31-24-17-15-23(16-18-24)30-28(34)22-13-19-25(36-2)20-14-22/h13-14,19-20,23-24,26H,3-12,15-18,21H2,1-2H3,(H,30,34)(H,31,35)/t23?,24?,26-/m0/s1. The van der Waals surface area contributed by atoms with Crippen LogP contribution < -0.4 is 15.4 Å². The van der Waals surface area contributed by atoms with Crippen molar-refractivity contribution in [2.24, 2.45) is 0 Å². The number of unbranched alkanes of at least 4 members (excludes halogenated alkanes) is 6. The Labute approximate surface area is 216 Å². The number of nitrogens with zero attached hydrogens (tertiary/aromatic N) is 1. The maximum absolute atomic E-state index is 13.0. The zero-order chi connectivity index (χ0) is 25.8. The van der Waals surface area contributed by atoms with E-state index in [0.717, 1.165) is 57.1 Å². The first-order valence-corrected chi connectivity index (χ1v) is 14.1. The molecule has 0 aromatic heterocycles. The van der Waals surface area contributed by atoms with Crippen LogP contribution in [0.2, 0.25) is 0 Å². The van der Waals surface area contributed by atoms with Gasteiger partial charge in [0.1, 0.15) is 11.8 Å². The number of amides is 3. The molecule has 7 nitrogen and oxygen atoms in total. The Bertz CT molecular complexity index is 833. The molecule has 0 radical (unpaired) electrons. The minimum absolute atomic E-state index is 0.00821. The number of carbonyl (C=O) groups excluding carboxylic acids is 3. The minimum Gasteiger partial charge on any atom is -0.497 e. The molecule has 2 fully saturated rings. The zero-order valence-electron chi connectivity index (χ0n) is 22.2. The van der Waals surface area contributed by atoms with E-state index >= 15 is 0 Å². The fourth-order valence-electron chi connectivity index (χ4n) is 5.41. The second-order valence-electron chi connectivity index (χ2n) is 10.4. The Morgan fingerprint density at radius 1 is 0.861 bits per heavy atom. The number of ether oxygens (including phenoxy) is 1. The normalized spacial score (nSPS) is 21.7. The van der Waals surface area contributed by atoms with E-state index in [9.17, 15) is 14.4 Å². The maximum Gasteiger partial charge on any atom is 0.251 e. The Kier molecular flexibility index (Phi) is 11.6. The van der Waals surface area contributed by atoms with Gasteiger partial charge in [-0.15, -0.1) is 0 Å². The SMILES string of the molecule is CCCCCCCCCC(=O)N1CCC[C@H]1C(=O)NC1CCC(NC(=O)c2ccc(OC)cc2)CC1. The van der Waals surface area contributed by atoms with Crippen LogP contribution in [0.15, 0.2) is 24.3 Å². The van der Waals surface area contributed by atoms with E-state index < -0.39 is 0 Å². The Hall–Kier alpha value is -2.57. The zero-order valence-corrected chi connectivity index (χ0v) is 22.2. The van der Waals surface area contributed by atoms with Crippen LogP contribution in [0.5, 0.6) is 5.75 Å². The van der Waals surface area contributed by atoms with Crippen LogP contribution in [0.25, 0.3) is 0 Å². The minimum atomic E-state index is -0.324. The van der Waals surface area contributed by atoms with E-state index in [4.69, 9.17) is 4.74 Å². The van der Waals surface area contributed by atoms with E-state index in [1.165, 1.54) is 32.1 Å². The van der Waals surface area contributed by atoms with E-state index in [-0.39, 0.29) is 35.8 Å². The van der Waals surface area contributed by atoms with Crippen molar-refractivity contribution in [3.63, 3.8) is 0 Å². The molecule has 0 bridgehead atoms. The van der Waals surface area contributed by atoms with Gasteiger partial charge in [-0.3, -0.25) is 14.4 Å². The monoisotopic (exact) mass is 499 g/mol. The highest BCUT2D eigenvalue weighted by Gasteiger charge is 2.35. The van der Waals surface area contributed by atoms with Gasteiger partial charge in [0.15, 0.2) is 0 Å². The summed E-state index contributed by atoms with van der Waals surface area (Å²) in [7, 11) is 1.60. The summed E-state index contributed by atoms with van der Waals surface area (Å²) in [6.07, 6.45) is 13.8. The van der Waals surface area contributed by atoms with Crippen LogP contribution in [-0.4, -0.2) is 54.4 Å². The fourth-order valence-corrected chi connectivity index (χ4v) is 5.41. The molecule has 1 heterocycles. The summed E-state index contributed by atoms with van der Waals surface area (Å²) in [4.78, 5) is 40.2. The first-order chi connectivity index (χ1) is 17.5. The summed E-state index contributed by atoms with van der Waals surface area (Å²) >= 11 is 0. The van der Waals surface area contributed by atoms with Crippen LogP contribution in [0.3, 0.4) is 0 Å². The van der Waals surface area contributed by atoms with Gasteiger partial charge in [0.25, 0.3) is 5.91 Å². The molecule has 2 N–H and O–H groups in total. The highest BCUT2D eigenvalue weighted by atomic mass is 16.5. The molecule has 3 rings (SSSR count). The van der Waals surface area contributed by atoms with E-state index in [1.807, 2.05) is 4.90 Å². The Morgan fingerprint density at radius 3 is 2.11 bits per heavy atom. The fraction of sp³-hybridized carbons (Fsp3) is 0.690. The van der Waals surface area contributed by atoms with Gasteiger partial charge in [0.05, 0.1) is 7.11 Å². The maximum atomic E-state index is 13.0. The lowest BCUT2D eigenvalue weighted by molar-refractivity contribution is -0.138. The molecular formula is C29H45N3O4. The van der Waals surface area contributed by atoms with Crippen molar-refractivity contribution in [2.75, 3.05) is 13.7 Å². The third kappa shape index (κ3) is 8.52. The third-order valence-corrected chi connectivity index (χ3v) is 7.63. The van der Waals surface area contributed by atoms with E-state index in [2.05, 4.69) is 17.6 Å². The molecule has 200 valence electrons. The average Bonchev–Trinajstić information content (AvgIpc) is 3.40. The first kappa shape index (κ1) is 28.0. The summed E-state index contributed by atoms with van der Waals surface area (Å²) in [6, 6.07) is 6.99. The van der Waals surface area contributed by atoms with Gasteiger partial charge >= 0.3 is 0 Å². The molecule has 0 spiro atoms. The predicted molar refractivity (Wildman–Crippen MR) is 142 cm³/mol. The van der Waals surface area contributed by atoms with Crippen LogP contribution in [0, 0.1) is 0 Å². The summed E-state index contributed by atoms with van der Waals surface area (Å²) in [5.41, 5.74) is 0.619. The summed E-state index contributed by atoms with van der Waals surface area (Å²) in [6.45, 7) is 2.91. The lowest BCUT2D eigenvalue weighted by atomic mass is 9.90. The molecule has 1 aliphatic heterocycles. The van der Waals surface area contributed by atoms with E-state index in [0.29, 0.717) is 18.5 Å². The molecule has 1 saturated heterocycles. The highest BCUT2D eigenvalue weighted by molar-refractivity contribution is 5.94. The van der Waals surface area contributed by atoms with Gasteiger partial charge in [0.2, 0.25) is 11.8 Å².